The topological polar surface area (TPSA) is 105 Å². The zero-order chi connectivity index (χ0) is 22.3. The van der Waals surface area contributed by atoms with E-state index in [0.717, 1.165) is 5.56 Å². The van der Waals surface area contributed by atoms with Gasteiger partial charge in [0.05, 0.1) is 17.5 Å². The quantitative estimate of drug-likeness (QED) is 0.719. The number of anilines is 1. The van der Waals surface area contributed by atoms with Gasteiger partial charge in [-0.15, -0.1) is 0 Å². The number of hydrogen-bond acceptors (Lipinski definition) is 6. The third-order valence-corrected chi connectivity index (χ3v) is 7.95. The average molecular weight is 474 g/mol. The number of fused-ring (bicyclic) bond motifs is 1. The summed E-state index contributed by atoms with van der Waals surface area (Å²) in [5, 5.41) is 3.07. The van der Waals surface area contributed by atoms with Gasteiger partial charge in [0, 0.05) is 16.0 Å². The normalized spacial score (nSPS) is 24.0. The summed E-state index contributed by atoms with van der Waals surface area (Å²) in [6.07, 6.45) is -0.708. The van der Waals surface area contributed by atoms with Crippen molar-refractivity contribution < 1.29 is 22.7 Å². The van der Waals surface area contributed by atoms with Crippen molar-refractivity contribution >= 4 is 56.1 Å². The standard InChI is InChI=1S/C19H24ClN3O5S2/c1-11-5-6-12(20)7-13(11)23-14-9-30(26,27)10-15(14)29-17(23)22-16(24)8-21-18(25)28-19(2,3)4/h5-7,14-15H,8-10H2,1-4H3,(H,21,25)/t14-,15+/m1/s1. The molecule has 2 atom stereocenters. The summed E-state index contributed by atoms with van der Waals surface area (Å²) >= 11 is 7.43. The minimum Gasteiger partial charge on any atom is -0.444 e. The number of amides is 2. The number of aliphatic imine (C=N–C) groups is 1. The maximum absolute atomic E-state index is 12.4. The van der Waals surface area contributed by atoms with Gasteiger partial charge in [-0.3, -0.25) is 4.79 Å². The highest BCUT2D eigenvalue weighted by atomic mass is 35.5. The highest BCUT2D eigenvalue weighted by Gasteiger charge is 2.49. The van der Waals surface area contributed by atoms with Crippen molar-refractivity contribution in [2.45, 2.75) is 44.6 Å². The smallest absolute Gasteiger partial charge is 0.408 e. The molecule has 0 spiro atoms. The van der Waals surface area contributed by atoms with Gasteiger partial charge in [0.25, 0.3) is 5.91 Å². The van der Waals surface area contributed by atoms with Crippen LogP contribution in [0.5, 0.6) is 0 Å². The van der Waals surface area contributed by atoms with Crippen LogP contribution in [0.1, 0.15) is 26.3 Å². The van der Waals surface area contributed by atoms with Crippen LogP contribution < -0.4 is 10.2 Å². The van der Waals surface area contributed by atoms with Gasteiger partial charge in [0.2, 0.25) is 0 Å². The van der Waals surface area contributed by atoms with Crippen molar-refractivity contribution in [2.24, 2.45) is 4.99 Å². The van der Waals surface area contributed by atoms with Gasteiger partial charge in [-0.2, -0.15) is 4.99 Å². The van der Waals surface area contributed by atoms with Crippen molar-refractivity contribution in [3.05, 3.63) is 28.8 Å². The Kier molecular flexibility index (Phi) is 6.41. The molecule has 1 aromatic carbocycles. The lowest BCUT2D eigenvalue weighted by Gasteiger charge is -2.26. The van der Waals surface area contributed by atoms with E-state index < -0.39 is 27.4 Å². The van der Waals surface area contributed by atoms with Crippen LogP contribution in [0.4, 0.5) is 10.5 Å². The van der Waals surface area contributed by atoms with E-state index in [-0.39, 0.29) is 29.3 Å². The van der Waals surface area contributed by atoms with Gasteiger partial charge in [0.1, 0.15) is 12.1 Å². The van der Waals surface area contributed by atoms with Gasteiger partial charge in [0.15, 0.2) is 15.0 Å². The molecule has 0 aliphatic carbocycles. The molecule has 3 rings (SSSR count). The first-order valence-electron chi connectivity index (χ1n) is 9.35. The molecule has 0 aromatic heterocycles. The summed E-state index contributed by atoms with van der Waals surface area (Å²) in [7, 11) is -3.17. The maximum Gasteiger partial charge on any atom is 0.408 e. The third-order valence-electron chi connectivity index (χ3n) is 4.50. The summed E-state index contributed by atoms with van der Waals surface area (Å²) in [4.78, 5) is 30.1. The number of benzene rings is 1. The summed E-state index contributed by atoms with van der Waals surface area (Å²) < 4.78 is 29.4. The molecule has 8 nitrogen and oxygen atoms in total. The fraction of sp³-hybridized carbons (Fsp3) is 0.526. The van der Waals surface area contributed by atoms with Crippen LogP contribution in [0.2, 0.25) is 5.02 Å². The lowest BCUT2D eigenvalue weighted by atomic mass is 10.1. The molecule has 0 saturated carbocycles. The van der Waals surface area contributed by atoms with Crippen LogP contribution >= 0.6 is 23.4 Å². The first-order valence-corrected chi connectivity index (χ1v) is 12.4. The number of alkyl carbamates (subject to hydrolysis) is 1. The average Bonchev–Trinajstić information content (AvgIpc) is 3.04. The number of nitrogens with one attached hydrogen (secondary N) is 1. The van der Waals surface area contributed by atoms with Crippen LogP contribution in [-0.4, -0.2) is 60.5 Å². The van der Waals surface area contributed by atoms with E-state index in [0.29, 0.717) is 15.9 Å². The number of thioether (sulfide) groups is 1. The Balaban J connectivity index is 1.83. The summed E-state index contributed by atoms with van der Waals surface area (Å²) in [6.45, 7) is 6.73. The zero-order valence-corrected chi connectivity index (χ0v) is 19.5. The van der Waals surface area contributed by atoms with Gasteiger partial charge in [-0.1, -0.05) is 29.4 Å². The number of amidine groups is 1. The molecule has 0 unspecified atom stereocenters. The monoisotopic (exact) mass is 473 g/mol. The summed E-state index contributed by atoms with van der Waals surface area (Å²) in [5.74, 6) is -0.544. The lowest BCUT2D eigenvalue weighted by Crippen LogP contribution is -2.39. The van der Waals surface area contributed by atoms with E-state index in [1.54, 1.807) is 37.8 Å². The number of ether oxygens (including phenoxy) is 1. The fourth-order valence-corrected chi connectivity index (χ4v) is 7.39. The molecule has 2 saturated heterocycles. The fourth-order valence-electron chi connectivity index (χ4n) is 3.30. The second-order valence-electron chi connectivity index (χ2n) is 8.24. The second kappa shape index (κ2) is 8.39. The molecular weight excluding hydrogens is 450 g/mol. The highest BCUT2D eigenvalue weighted by molar-refractivity contribution is 8.16. The van der Waals surface area contributed by atoms with Crippen molar-refractivity contribution in [3.63, 3.8) is 0 Å². The van der Waals surface area contributed by atoms with Crippen LogP contribution in [-0.2, 0) is 19.4 Å². The molecule has 1 aromatic rings. The molecule has 2 aliphatic heterocycles. The molecule has 2 aliphatic rings. The number of hydrogen-bond donors (Lipinski definition) is 1. The number of sulfone groups is 1. The molecule has 0 bridgehead atoms. The zero-order valence-electron chi connectivity index (χ0n) is 17.1. The van der Waals surface area contributed by atoms with E-state index in [9.17, 15) is 18.0 Å². The molecule has 30 heavy (non-hydrogen) atoms. The Morgan fingerprint density at radius 2 is 2.03 bits per heavy atom. The predicted octanol–water partition coefficient (Wildman–Crippen LogP) is 2.77. The lowest BCUT2D eigenvalue weighted by molar-refractivity contribution is -0.117. The summed E-state index contributed by atoms with van der Waals surface area (Å²) in [5.41, 5.74) is 0.924. The maximum atomic E-state index is 12.4. The van der Waals surface area contributed by atoms with E-state index in [4.69, 9.17) is 16.3 Å². The number of rotatable bonds is 3. The molecule has 1 N–H and O–H groups in total. The first kappa shape index (κ1) is 22.9. The molecule has 164 valence electrons. The first-order chi connectivity index (χ1) is 13.8. The van der Waals surface area contributed by atoms with Gasteiger partial charge in [-0.25, -0.2) is 13.2 Å². The number of carbonyl (C=O) groups is 2. The minimum atomic E-state index is -3.17. The van der Waals surface area contributed by atoms with Gasteiger partial charge < -0.3 is 15.0 Å². The van der Waals surface area contributed by atoms with Gasteiger partial charge in [-0.05, 0) is 45.4 Å². The van der Waals surface area contributed by atoms with E-state index in [2.05, 4.69) is 10.3 Å². The largest absolute Gasteiger partial charge is 0.444 e. The SMILES string of the molecule is Cc1ccc(Cl)cc1N1C(=NC(=O)CNC(=O)OC(C)(C)C)S[C@H]2CS(=O)(=O)C[C@H]21. The van der Waals surface area contributed by atoms with Crippen molar-refractivity contribution in [2.75, 3.05) is 23.0 Å². The second-order valence-corrected chi connectivity index (χ2v) is 12.0. The van der Waals surface area contributed by atoms with Crippen LogP contribution in [0, 0.1) is 6.92 Å². The summed E-state index contributed by atoms with van der Waals surface area (Å²) in [6, 6.07) is 4.99. The predicted molar refractivity (Wildman–Crippen MR) is 119 cm³/mol. The molecule has 2 amide bonds. The molecule has 0 radical (unpaired) electrons. The van der Waals surface area contributed by atoms with Crippen molar-refractivity contribution in [1.82, 2.24) is 5.32 Å². The molecule has 2 fully saturated rings. The Morgan fingerprint density at radius 1 is 1.33 bits per heavy atom. The van der Waals surface area contributed by atoms with Crippen molar-refractivity contribution in [1.29, 1.82) is 0 Å². The van der Waals surface area contributed by atoms with Gasteiger partial charge >= 0.3 is 6.09 Å². The number of aryl methyl sites for hydroxylation is 1. The van der Waals surface area contributed by atoms with E-state index in [1.807, 2.05) is 13.0 Å². The molecular formula is C19H24ClN3O5S2. The molecule has 11 heteroatoms. The van der Waals surface area contributed by atoms with Crippen LogP contribution in [0.15, 0.2) is 23.2 Å². The Hall–Kier alpha value is -1.78. The van der Waals surface area contributed by atoms with Crippen LogP contribution in [0.25, 0.3) is 0 Å². The van der Waals surface area contributed by atoms with E-state index >= 15 is 0 Å². The van der Waals surface area contributed by atoms with E-state index in [1.165, 1.54) is 11.8 Å². The third kappa shape index (κ3) is 5.47. The van der Waals surface area contributed by atoms with Crippen LogP contribution in [0.3, 0.4) is 0 Å². The Labute approximate surface area is 185 Å². The van der Waals surface area contributed by atoms with Crippen molar-refractivity contribution in [3.8, 4) is 0 Å². The highest BCUT2D eigenvalue weighted by Crippen LogP contribution is 2.42. The minimum absolute atomic E-state index is 0.0139. The Morgan fingerprint density at radius 3 is 2.70 bits per heavy atom. The number of halogens is 1. The molecule has 2 heterocycles. The number of nitrogens with zero attached hydrogens (tertiary/aromatic N) is 2. The Bertz CT molecular complexity index is 1000. The number of carbonyl (C=O) groups excluding carboxylic acids is 2.